The predicted molar refractivity (Wildman–Crippen MR) is 60.3 cm³/mol. The molecule has 1 saturated carbocycles. The van der Waals surface area contributed by atoms with Gasteiger partial charge in [0.1, 0.15) is 5.75 Å². The second-order valence-electron chi connectivity index (χ2n) is 4.13. The molecular formula is C11H14BrNO. The van der Waals surface area contributed by atoms with Crippen LogP contribution in [0.1, 0.15) is 30.4 Å². The van der Waals surface area contributed by atoms with Crippen molar-refractivity contribution in [2.24, 2.45) is 5.73 Å². The molecule has 76 valence electrons. The highest BCUT2D eigenvalue weighted by Gasteiger charge is 2.36. The molecule has 0 heterocycles. The van der Waals surface area contributed by atoms with E-state index in [1.807, 2.05) is 13.0 Å². The lowest BCUT2D eigenvalue weighted by molar-refractivity contribution is 0.245. The maximum atomic E-state index is 9.82. The highest BCUT2D eigenvalue weighted by atomic mass is 79.9. The standard InChI is InChI=1S/C11H14BrNO/c1-7-5-10(14)8(6-9(7)12)11(13)3-2-4-11/h5-6,14H,2-4,13H2,1H3. The first-order chi connectivity index (χ1) is 6.53. The number of nitrogens with two attached hydrogens (primary N) is 1. The Balaban J connectivity index is 2.48. The van der Waals surface area contributed by atoms with Gasteiger partial charge in [0.15, 0.2) is 0 Å². The number of benzene rings is 1. The molecule has 2 rings (SSSR count). The summed E-state index contributed by atoms with van der Waals surface area (Å²) in [5.41, 5.74) is 7.78. The number of aromatic hydroxyl groups is 1. The zero-order valence-electron chi connectivity index (χ0n) is 8.18. The van der Waals surface area contributed by atoms with Crippen LogP contribution in [0.4, 0.5) is 0 Å². The second kappa shape index (κ2) is 3.24. The number of phenolic OH excluding ortho intramolecular Hbond substituents is 1. The molecule has 1 fully saturated rings. The van der Waals surface area contributed by atoms with Crippen molar-refractivity contribution >= 4 is 15.9 Å². The summed E-state index contributed by atoms with van der Waals surface area (Å²) in [6, 6.07) is 3.72. The van der Waals surface area contributed by atoms with Gasteiger partial charge in [-0.05, 0) is 43.9 Å². The fourth-order valence-electron chi connectivity index (χ4n) is 1.89. The van der Waals surface area contributed by atoms with Crippen LogP contribution < -0.4 is 5.73 Å². The SMILES string of the molecule is Cc1cc(O)c(C2(N)CCC2)cc1Br. The van der Waals surface area contributed by atoms with Gasteiger partial charge in [0, 0.05) is 15.6 Å². The van der Waals surface area contributed by atoms with Gasteiger partial charge in [-0.15, -0.1) is 0 Å². The van der Waals surface area contributed by atoms with Crippen molar-refractivity contribution in [1.82, 2.24) is 0 Å². The summed E-state index contributed by atoms with van der Waals surface area (Å²) in [6.45, 7) is 1.96. The zero-order valence-corrected chi connectivity index (χ0v) is 9.76. The maximum absolute atomic E-state index is 9.82. The minimum Gasteiger partial charge on any atom is -0.508 e. The number of aryl methyl sites for hydroxylation is 1. The highest BCUT2D eigenvalue weighted by molar-refractivity contribution is 9.10. The van der Waals surface area contributed by atoms with Gasteiger partial charge in [-0.1, -0.05) is 15.9 Å². The third-order valence-electron chi connectivity index (χ3n) is 3.06. The Morgan fingerprint density at radius 1 is 1.43 bits per heavy atom. The Morgan fingerprint density at radius 2 is 2.07 bits per heavy atom. The summed E-state index contributed by atoms with van der Waals surface area (Å²) in [4.78, 5) is 0. The number of rotatable bonds is 1. The molecule has 0 aliphatic heterocycles. The van der Waals surface area contributed by atoms with Crippen molar-refractivity contribution in [1.29, 1.82) is 0 Å². The molecule has 0 radical (unpaired) electrons. The zero-order chi connectivity index (χ0) is 10.3. The van der Waals surface area contributed by atoms with E-state index < -0.39 is 0 Å². The van der Waals surface area contributed by atoms with Gasteiger partial charge < -0.3 is 10.8 Å². The van der Waals surface area contributed by atoms with Gasteiger partial charge in [0.05, 0.1) is 0 Å². The van der Waals surface area contributed by atoms with Crippen LogP contribution >= 0.6 is 15.9 Å². The molecule has 0 aromatic heterocycles. The fourth-order valence-corrected chi connectivity index (χ4v) is 2.24. The van der Waals surface area contributed by atoms with Gasteiger partial charge in [-0.25, -0.2) is 0 Å². The Bertz CT molecular complexity index is 372. The van der Waals surface area contributed by atoms with E-state index in [-0.39, 0.29) is 5.54 Å². The van der Waals surface area contributed by atoms with Crippen molar-refractivity contribution in [3.05, 3.63) is 27.7 Å². The van der Waals surface area contributed by atoms with Crippen LogP contribution in [0, 0.1) is 6.92 Å². The molecule has 2 nitrogen and oxygen atoms in total. The van der Waals surface area contributed by atoms with Gasteiger partial charge in [0.25, 0.3) is 0 Å². The van der Waals surface area contributed by atoms with E-state index in [2.05, 4.69) is 15.9 Å². The summed E-state index contributed by atoms with van der Waals surface area (Å²) < 4.78 is 1.02. The van der Waals surface area contributed by atoms with Crippen LogP contribution in [0.5, 0.6) is 5.75 Å². The normalized spacial score (nSPS) is 19.1. The van der Waals surface area contributed by atoms with E-state index in [0.717, 1.165) is 34.9 Å². The molecule has 1 aromatic rings. The largest absolute Gasteiger partial charge is 0.508 e. The smallest absolute Gasteiger partial charge is 0.120 e. The molecule has 3 heteroatoms. The lowest BCUT2D eigenvalue weighted by Gasteiger charge is -2.39. The molecule has 14 heavy (non-hydrogen) atoms. The molecule has 1 aliphatic carbocycles. The first kappa shape index (κ1) is 9.99. The highest BCUT2D eigenvalue weighted by Crippen LogP contribution is 2.43. The van der Waals surface area contributed by atoms with Crippen molar-refractivity contribution in [2.75, 3.05) is 0 Å². The summed E-state index contributed by atoms with van der Waals surface area (Å²) in [5.74, 6) is 0.327. The Labute approximate surface area is 92.3 Å². The number of hydrogen-bond acceptors (Lipinski definition) is 2. The van der Waals surface area contributed by atoms with Crippen molar-refractivity contribution < 1.29 is 5.11 Å². The molecule has 1 aliphatic rings. The first-order valence-corrected chi connectivity index (χ1v) is 5.61. The Hall–Kier alpha value is -0.540. The summed E-state index contributed by atoms with van der Waals surface area (Å²) >= 11 is 3.46. The summed E-state index contributed by atoms with van der Waals surface area (Å²) in [6.07, 6.45) is 3.09. The molecule has 0 saturated heterocycles. The van der Waals surface area contributed by atoms with E-state index in [1.54, 1.807) is 6.07 Å². The minimum atomic E-state index is -0.291. The van der Waals surface area contributed by atoms with Crippen LogP contribution in [0.15, 0.2) is 16.6 Å². The van der Waals surface area contributed by atoms with Gasteiger partial charge in [-0.2, -0.15) is 0 Å². The maximum Gasteiger partial charge on any atom is 0.120 e. The minimum absolute atomic E-state index is 0.291. The average Bonchev–Trinajstić information content (AvgIpc) is 2.07. The molecule has 0 bridgehead atoms. The third-order valence-corrected chi connectivity index (χ3v) is 3.91. The number of phenols is 1. The predicted octanol–water partition coefficient (Wildman–Crippen LogP) is 2.80. The lowest BCUT2D eigenvalue weighted by Crippen LogP contribution is -2.43. The Morgan fingerprint density at radius 3 is 2.57 bits per heavy atom. The molecular weight excluding hydrogens is 242 g/mol. The van der Waals surface area contributed by atoms with Gasteiger partial charge >= 0.3 is 0 Å². The number of halogens is 1. The van der Waals surface area contributed by atoms with Crippen molar-refractivity contribution in [2.45, 2.75) is 31.7 Å². The van der Waals surface area contributed by atoms with E-state index in [9.17, 15) is 5.11 Å². The van der Waals surface area contributed by atoms with E-state index in [0.29, 0.717) is 5.75 Å². The van der Waals surface area contributed by atoms with Crippen LogP contribution in [0.25, 0.3) is 0 Å². The second-order valence-corrected chi connectivity index (χ2v) is 4.98. The molecule has 3 N–H and O–H groups in total. The number of hydrogen-bond donors (Lipinski definition) is 2. The van der Waals surface area contributed by atoms with Crippen LogP contribution in [-0.2, 0) is 5.54 Å². The average molecular weight is 256 g/mol. The molecule has 0 atom stereocenters. The monoisotopic (exact) mass is 255 g/mol. The van der Waals surface area contributed by atoms with Crippen molar-refractivity contribution in [3.8, 4) is 5.75 Å². The first-order valence-electron chi connectivity index (χ1n) is 4.81. The van der Waals surface area contributed by atoms with Gasteiger partial charge in [0.2, 0.25) is 0 Å². The van der Waals surface area contributed by atoms with Gasteiger partial charge in [-0.3, -0.25) is 0 Å². The van der Waals surface area contributed by atoms with Crippen LogP contribution in [-0.4, -0.2) is 5.11 Å². The van der Waals surface area contributed by atoms with E-state index >= 15 is 0 Å². The third kappa shape index (κ3) is 1.44. The summed E-state index contributed by atoms with van der Waals surface area (Å²) in [7, 11) is 0. The molecule has 0 amide bonds. The Kier molecular flexibility index (Phi) is 2.32. The van der Waals surface area contributed by atoms with Crippen LogP contribution in [0.3, 0.4) is 0 Å². The lowest BCUT2D eigenvalue weighted by atomic mass is 9.72. The molecule has 1 aromatic carbocycles. The molecule has 0 spiro atoms. The fraction of sp³-hybridized carbons (Fsp3) is 0.455. The summed E-state index contributed by atoms with van der Waals surface area (Å²) in [5, 5.41) is 9.82. The van der Waals surface area contributed by atoms with Crippen molar-refractivity contribution in [3.63, 3.8) is 0 Å². The quantitative estimate of drug-likeness (QED) is 0.811. The van der Waals surface area contributed by atoms with E-state index in [4.69, 9.17) is 5.73 Å². The topological polar surface area (TPSA) is 46.2 Å². The van der Waals surface area contributed by atoms with Crippen LogP contribution in [0.2, 0.25) is 0 Å². The molecule has 0 unspecified atom stereocenters. The van der Waals surface area contributed by atoms with E-state index in [1.165, 1.54) is 0 Å².